The number of allylic oxidation sites excluding steroid dienone is 23. The molecule has 8 nitrogen and oxygen atoms in total. The number of carbonyl (C=O) groups is 1. The number of quaternary nitrogens is 1. The zero-order chi connectivity index (χ0) is 49.9. The van der Waals surface area contributed by atoms with Crippen molar-refractivity contribution in [2.75, 3.05) is 40.9 Å². The van der Waals surface area contributed by atoms with Crippen molar-refractivity contribution >= 4 is 13.7 Å². The molecule has 1 amide bonds. The zero-order valence-corrected chi connectivity index (χ0v) is 44.4. The lowest BCUT2D eigenvalue weighted by Gasteiger charge is -2.25. The molecule has 0 fully saturated rings. The van der Waals surface area contributed by atoms with Crippen LogP contribution in [0.25, 0.3) is 0 Å². The Bertz CT molecular complexity index is 1610. The van der Waals surface area contributed by atoms with Crippen LogP contribution in [0, 0.1) is 0 Å². The summed E-state index contributed by atoms with van der Waals surface area (Å²) in [6.45, 7) is 4.39. The Morgan fingerprint density at radius 3 is 1.35 bits per heavy atom. The summed E-state index contributed by atoms with van der Waals surface area (Å²) < 4.78 is 23.5. The third kappa shape index (κ3) is 50.3. The Kier molecular flexibility index (Phi) is 45.8. The standard InChI is InChI=1S/C59H97N2O6P/c1-6-8-10-12-14-16-17-18-19-20-21-22-23-24-25-26-27-28-29-30-31-32-33-34-35-36-37-38-39-40-41-42-43-45-47-49-51-53-59(63)60-57(56-67-68(64,65)66-55-54-61(3,4)5)58(62)52-50-48-46-44-15-13-11-9-7-2/h7-10,14-16,18-19,21-22,24-25,27-28,30-31,33-34,36-37,44,50,52,57-58,62H,6,11-13,17,20,23,26,29,32,35,38-43,45-49,51,53-56H2,1-5H3,(H-,60,63,64,65)/p+1/b9-7+,10-8-,16-14-,19-18-,22-21-,25-24-,28-27-,31-30-,34-33-,37-36-,44-15+,52-50+. The summed E-state index contributed by atoms with van der Waals surface area (Å²) in [6, 6.07) is -0.881. The van der Waals surface area contributed by atoms with Crippen molar-refractivity contribution in [2.45, 2.75) is 180 Å². The minimum Gasteiger partial charge on any atom is -0.387 e. The number of carbonyl (C=O) groups excluding carboxylic acids is 1. The van der Waals surface area contributed by atoms with Gasteiger partial charge in [-0.1, -0.05) is 198 Å². The molecular weight excluding hydrogens is 864 g/mol. The smallest absolute Gasteiger partial charge is 0.387 e. The molecule has 68 heavy (non-hydrogen) atoms. The van der Waals surface area contributed by atoms with Gasteiger partial charge in [-0.3, -0.25) is 13.8 Å². The van der Waals surface area contributed by atoms with E-state index in [2.05, 4.69) is 140 Å². The van der Waals surface area contributed by atoms with Crippen molar-refractivity contribution in [3.8, 4) is 0 Å². The van der Waals surface area contributed by atoms with E-state index in [9.17, 15) is 19.4 Å². The van der Waals surface area contributed by atoms with E-state index in [0.717, 1.165) is 116 Å². The molecule has 0 bridgehead atoms. The van der Waals surface area contributed by atoms with E-state index >= 15 is 0 Å². The number of hydrogen-bond acceptors (Lipinski definition) is 5. The molecule has 0 saturated heterocycles. The number of phosphoric acid groups is 1. The van der Waals surface area contributed by atoms with Crippen LogP contribution in [0.3, 0.4) is 0 Å². The average Bonchev–Trinajstić information content (AvgIpc) is 3.30. The van der Waals surface area contributed by atoms with E-state index in [0.29, 0.717) is 17.4 Å². The van der Waals surface area contributed by atoms with Crippen LogP contribution in [-0.4, -0.2) is 73.4 Å². The van der Waals surface area contributed by atoms with Crippen LogP contribution in [0.5, 0.6) is 0 Å². The molecular formula is C59H98N2O6P+. The predicted molar refractivity (Wildman–Crippen MR) is 294 cm³/mol. The highest BCUT2D eigenvalue weighted by Gasteiger charge is 2.27. The highest BCUT2D eigenvalue weighted by molar-refractivity contribution is 7.47. The Morgan fingerprint density at radius 2 is 0.912 bits per heavy atom. The van der Waals surface area contributed by atoms with Gasteiger partial charge in [0.15, 0.2) is 0 Å². The predicted octanol–water partition coefficient (Wildman–Crippen LogP) is 15.7. The molecule has 3 unspecified atom stereocenters. The van der Waals surface area contributed by atoms with Crippen LogP contribution in [0.1, 0.15) is 168 Å². The number of phosphoric ester groups is 1. The second-order valence-electron chi connectivity index (χ2n) is 18.2. The summed E-state index contributed by atoms with van der Waals surface area (Å²) in [4.78, 5) is 23.1. The molecule has 0 spiro atoms. The maximum atomic E-state index is 12.9. The van der Waals surface area contributed by atoms with Crippen molar-refractivity contribution in [3.05, 3.63) is 146 Å². The Morgan fingerprint density at radius 1 is 0.529 bits per heavy atom. The molecule has 0 aromatic heterocycles. The fraction of sp³-hybridized carbons (Fsp3) is 0.576. The van der Waals surface area contributed by atoms with Crippen molar-refractivity contribution in [1.29, 1.82) is 0 Å². The van der Waals surface area contributed by atoms with Gasteiger partial charge in [0.1, 0.15) is 13.2 Å². The normalized spacial score (nSPS) is 15.2. The van der Waals surface area contributed by atoms with Crippen molar-refractivity contribution in [3.63, 3.8) is 0 Å². The lowest BCUT2D eigenvalue weighted by atomic mass is 10.1. The Hall–Kier alpha value is -3.62. The van der Waals surface area contributed by atoms with Gasteiger partial charge >= 0.3 is 7.82 Å². The first-order chi connectivity index (χ1) is 33.0. The van der Waals surface area contributed by atoms with Gasteiger partial charge in [0.25, 0.3) is 0 Å². The van der Waals surface area contributed by atoms with Crippen LogP contribution >= 0.6 is 7.82 Å². The maximum absolute atomic E-state index is 12.9. The summed E-state index contributed by atoms with van der Waals surface area (Å²) in [5.41, 5.74) is 0. The number of unbranched alkanes of at least 4 members (excludes halogenated alkanes) is 11. The second kappa shape index (κ2) is 48.4. The van der Waals surface area contributed by atoms with E-state index in [-0.39, 0.29) is 19.1 Å². The molecule has 0 aliphatic heterocycles. The van der Waals surface area contributed by atoms with Gasteiger partial charge in [-0.05, 0) is 110 Å². The molecule has 384 valence electrons. The quantitative estimate of drug-likeness (QED) is 0.0243. The number of rotatable bonds is 45. The van der Waals surface area contributed by atoms with Crippen LogP contribution in [0.2, 0.25) is 0 Å². The number of amides is 1. The van der Waals surface area contributed by atoms with E-state index in [4.69, 9.17) is 9.05 Å². The van der Waals surface area contributed by atoms with E-state index in [1.807, 2.05) is 40.2 Å². The molecule has 0 saturated carbocycles. The first kappa shape index (κ1) is 64.4. The highest BCUT2D eigenvalue weighted by atomic mass is 31.2. The van der Waals surface area contributed by atoms with Crippen molar-refractivity contribution in [1.82, 2.24) is 5.32 Å². The minimum absolute atomic E-state index is 0.0441. The summed E-state index contributed by atoms with van der Waals surface area (Å²) in [7, 11) is 1.51. The first-order valence-electron chi connectivity index (χ1n) is 26.2. The van der Waals surface area contributed by atoms with Gasteiger partial charge < -0.3 is 19.8 Å². The molecule has 0 aliphatic rings. The summed E-state index contributed by atoms with van der Waals surface area (Å²) >= 11 is 0. The third-order valence-corrected chi connectivity index (χ3v) is 11.6. The van der Waals surface area contributed by atoms with Crippen LogP contribution in [0.15, 0.2) is 146 Å². The summed E-state index contributed by atoms with van der Waals surface area (Å²) in [5, 5.41) is 13.7. The van der Waals surface area contributed by atoms with Crippen LogP contribution < -0.4 is 5.32 Å². The molecule has 0 rings (SSSR count). The first-order valence-corrected chi connectivity index (χ1v) is 27.7. The van der Waals surface area contributed by atoms with E-state index in [1.54, 1.807) is 6.08 Å². The van der Waals surface area contributed by atoms with E-state index < -0.39 is 20.0 Å². The van der Waals surface area contributed by atoms with Gasteiger partial charge in [-0.2, -0.15) is 0 Å². The molecule has 0 radical (unpaired) electrons. The highest BCUT2D eigenvalue weighted by Crippen LogP contribution is 2.43. The monoisotopic (exact) mass is 962 g/mol. The number of likely N-dealkylation sites (N-methyl/N-ethyl adjacent to an activating group) is 1. The topological polar surface area (TPSA) is 105 Å². The third-order valence-electron chi connectivity index (χ3n) is 10.6. The molecule has 3 N–H and O–H groups in total. The SMILES string of the molecule is C/C=C/CC/C=C/CC/C=C/C(O)C(COP(=O)(O)OCC[N+](C)(C)C)NC(=O)CCCCCCCCCCC/C=C\C/C=C\C/C=C\C/C=C\C/C=C\C/C=C\C/C=C\C/C=C\C/C=C\CC. The fourth-order valence-electron chi connectivity index (χ4n) is 6.54. The number of hydrogen-bond donors (Lipinski definition) is 3. The minimum atomic E-state index is -4.36. The number of nitrogens with one attached hydrogen (secondary N) is 1. The second-order valence-corrected chi connectivity index (χ2v) is 19.6. The zero-order valence-electron chi connectivity index (χ0n) is 43.5. The summed E-state index contributed by atoms with van der Waals surface area (Å²) in [6.07, 6.45) is 75.5. The average molecular weight is 962 g/mol. The molecule has 9 heteroatoms. The number of aliphatic hydroxyl groups excluding tert-OH is 1. The largest absolute Gasteiger partial charge is 0.472 e. The maximum Gasteiger partial charge on any atom is 0.472 e. The van der Waals surface area contributed by atoms with Gasteiger partial charge in [0.2, 0.25) is 5.91 Å². The van der Waals surface area contributed by atoms with Crippen molar-refractivity contribution in [2.24, 2.45) is 0 Å². The molecule has 3 atom stereocenters. The van der Waals surface area contributed by atoms with E-state index in [1.165, 1.54) is 32.1 Å². The fourth-order valence-corrected chi connectivity index (χ4v) is 7.28. The van der Waals surface area contributed by atoms with Gasteiger partial charge in [-0.25, -0.2) is 4.57 Å². The van der Waals surface area contributed by atoms with Gasteiger partial charge in [-0.15, -0.1) is 0 Å². The van der Waals surface area contributed by atoms with Gasteiger partial charge in [0.05, 0.1) is 39.9 Å². The molecule has 0 aromatic carbocycles. The lowest BCUT2D eigenvalue weighted by molar-refractivity contribution is -0.870. The Balaban J connectivity index is 4.10. The van der Waals surface area contributed by atoms with Crippen LogP contribution in [-0.2, 0) is 18.4 Å². The van der Waals surface area contributed by atoms with Crippen molar-refractivity contribution < 1.29 is 32.9 Å². The van der Waals surface area contributed by atoms with Gasteiger partial charge in [0, 0.05) is 6.42 Å². The van der Waals surface area contributed by atoms with Crippen LogP contribution in [0.4, 0.5) is 0 Å². The Labute approximate surface area is 417 Å². The molecule has 0 aliphatic carbocycles. The molecule has 0 aromatic rings. The number of aliphatic hydroxyl groups is 1. The lowest BCUT2D eigenvalue weighted by Crippen LogP contribution is -2.45. The molecule has 0 heterocycles. The summed E-state index contributed by atoms with van der Waals surface area (Å²) in [5.74, 6) is -0.209. The number of nitrogens with zero attached hydrogens (tertiary/aromatic N) is 1.